The number of rotatable bonds is 4. The average molecular weight is 406 g/mol. The molecule has 0 saturated heterocycles. The summed E-state index contributed by atoms with van der Waals surface area (Å²) < 4.78 is 14.9. The molecule has 0 aliphatic rings. The summed E-state index contributed by atoms with van der Waals surface area (Å²) in [4.78, 5) is 36.4. The number of H-pyrrole nitrogens is 1. The molecule has 1 heterocycles. The van der Waals surface area contributed by atoms with Gasteiger partial charge in [-0.25, -0.2) is 9.07 Å². The van der Waals surface area contributed by atoms with Crippen LogP contribution in [-0.4, -0.2) is 15.7 Å². The molecule has 6 nitrogen and oxygen atoms in total. The maximum Gasteiger partial charge on any atom is 0.273 e. The smallest absolute Gasteiger partial charge is 0.273 e. The standard InChI is InChI=1S/C17H13BrFN3O3/c18-14-6-5-11(19)7-10(14)8-20-15(23)9-22-17(25)13-4-2-1-3-12(13)16(24)21-22/h1-7H,8-9H2,(H,20,23)(H,21,24). The van der Waals surface area contributed by atoms with Gasteiger partial charge in [-0.1, -0.05) is 28.1 Å². The number of benzene rings is 2. The van der Waals surface area contributed by atoms with Crippen LogP contribution in [0.4, 0.5) is 4.39 Å². The predicted octanol–water partition coefficient (Wildman–Crippen LogP) is 1.91. The lowest BCUT2D eigenvalue weighted by Crippen LogP contribution is -2.36. The van der Waals surface area contributed by atoms with Crippen molar-refractivity contribution >= 4 is 32.6 Å². The number of aromatic nitrogens is 2. The number of carbonyl (C=O) groups excluding carboxylic acids is 1. The van der Waals surface area contributed by atoms with Crippen molar-refractivity contribution in [1.82, 2.24) is 15.1 Å². The Kier molecular flexibility index (Phi) is 4.80. The van der Waals surface area contributed by atoms with Crippen LogP contribution in [0.5, 0.6) is 0 Å². The SMILES string of the molecule is O=C(Cn1[nH]c(=O)c2ccccc2c1=O)NCc1cc(F)ccc1Br. The van der Waals surface area contributed by atoms with E-state index < -0.39 is 22.8 Å². The second kappa shape index (κ2) is 7.02. The van der Waals surface area contributed by atoms with Crippen molar-refractivity contribution in [2.45, 2.75) is 13.1 Å². The van der Waals surface area contributed by atoms with Gasteiger partial charge in [0.05, 0.1) is 10.8 Å². The molecule has 0 fully saturated rings. The van der Waals surface area contributed by atoms with Gasteiger partial charge in [-0.2, -0.15) is 0 Å². The van der Waals surface area contributed by atoms with Crippen LogP contribution in [0.15, 0.2) is 56.5 Å². The first-order valence-electron chi connectivity index (χ1n) is 7.38. The van der Waals surface area contributed by atoms with E-state index in [-0.39, 0.29) is 23.9 Å². The molecule has 0 radical (unpaired) electrons. The molecule has 1 aromatic heterocycles. The van der Waals surface area contributed by atoms with Gasteiger partial charge < -0.3 is 5.32 Å². The second-order valence-electron chi connectivity index (χ2n) is 5.39. The maximum absolute atomic E-state index is 13.2. The zero-order valence-electron chi connectivity index (χ0n) is 12.9. The molecule has 0 atom stereocenters. The number of carbonyl (C=O) groups is 1. The molecule has 25 heavy (non-hydrogen) atoms. The van der Waals surface area contributed by atoms with Gasteiger partial charge in [-0.15, -0.1) is 0 Å². The fraction of sp³-hybridized carbons (Fsp3) is 0.118. The van der Waals surface area contributed by atoms with Gasteiger partial charge in [0.1, 0.15) is 12.4 Å². The molecule has 0 aliphatic carbocycles. The summed E-state index contributed by atoms with van der Waals surface area (Å²) in [5, 5.41) is 5.49. The Morgan fingerprint density at radius 1 is 1.16 bits per heavy atom. The molecule has 2 N–H and O–H groups in total. The molecule has 2 aromatic carbocycles. The first-order valence-corrected chi connectivity index (χ1v) is 8.17. The summed E-state index contributed by atoms with van der Waals surface area (Å²) in [7, 11) is 0. The van der Waals surface area contributed by atoms with E-state index in [0.29, 0.717) is 10.0 Å². The van der Waals surface area contributed by atoms with Crippen molar-refractivity contribution < 1.29 is 9.18 Å². The van der Waals surface area contributed by atoms with E-state index in [9.17, 15) is 18.8 Å². The number of fused-ring (bicyclic) bond motifs is 1. The third-order valence-electron chi connectivity index (χ3n) is 3.67. The Balaban J connectivity index is 1.78. The topological polar surface area (TPSA) is 84.0 Å². The summed E-state index contributed by atoms with van der Waals surface area (Å²) in [6.45, 7) is -0.254. The molecule has 1 amide bonds. The molecule has 3 aromatic rings. The number of nitrogens with zero attached hydrogens (tertiary/aromatic N) is 1. The molecule has 0 bridgehead atoms. The van der Waals surface area contributed by atoms with Gasteiger partial charge in [0.25, 0.3) is 11.1 Å². The number of halogens is 2. The highest BCUT2D eigenvalue weighted by atomic mass is 79.9. The Morgan fingerprint density at radius 3 is 2.64 bits per heavy atom. The van der Waals surface area contributed by atoms with Gasteiger partial charge in [0.2, 0.25) is 5.91 Å². The average Bonchev–Trinajstić information content (AvgIpc) is 2.60. The normalized spacial score (nSPS) is 10.8. The fourth-order valence-corrected chi connectivity index (χ4v) is 2.82. The number of aromatic amines is 1. The highest BCUT2D eigenvalue weighted by Crippen LogP contribution is 2.17. The fourth-order valence-electron chi connectivity index (χ4n) is 2.43. The summed E-state index contributed by atoms with van der Waals surface area (Å²) in [6.07, 6.45) is 0. The minimum atomic E-state index is -0.482. The highest BCUT2D eigenvalue weighted by Gasteiger charge is 2.10. The maximum atomic E-state index is 13.2. The van der Waals surface area contributed by atoms with Crippen molar-refractivity contribution in [2.75, 3.05) is 0 Å². The van der Waals surface area contributed by atoms with Crippen molar-refractivity contribution in [3.8, 4) is 0 Å². The zero-order valence-corrected chi connectivity index (χ0v) is 14.5. The monoisotopic (exact) mass is 405 g/mol. The third-order valence-corrected chi connectivity index (χ3v) is 4.44. The van der Waals surface area contributed by atoms with Gasteiger partial charge in [0, 0.05) is 11.0 Å². The Hall–Kier alpha value is -2.74. The highest BCUT2D eigenvalue weighted by molar-refractivity contribution is 9.10. The van der Waals surface area contributed by atoms with Gasteiger partial charge in [0.15, 0.2) is 0 Å². The Morgan fingerprint density at radius 2 is 1.88 bits per heavy atom. The number of nitrogens with one attached hydrogen (secondary N) is 2. The third kappa shape index (κ3) is 3.69. The predicted molar refractivity (Wildman–Crippen MR) is 94.8 cm³/mol. The van der Waals surface area contributed by atoms with Crippen LogP contribution in [-0.2, 0) is 17.9 Å². The van der Waals surface area contributed by atoms with Crippen molar-refractivity contribution in [2.24, 2.45) is 0 Å². The second-order valence-corrected chi connectivity index (χ2v) is 6.24. The van der Waals surface area contributed by atoms with E-state index in [0.717, 1.165) is 4.68 Å². The van der Waals surface area contributed by atoms with Crippen molar-refractivity contribution in [1.29, 1.82) is 0 Å². The first kappa shape index (κ1) is 17.1. The number of hydrogen-bond donors (Lipinski definition) is 2. The quantitative estimate of drug-likeness (QED) is 0.695. The molecule has 0 unspecified atom stereocenters. The van der Waals surface area contributed by atoms with Gasteiger partial charge >= 0.3 is 0 Å². The molecule has 3 rings (SSSR count). The lowest BCUT2D eigenvalue weighted by molar-refractivity contribution is -0.122. The summed E-state index contributed by atoms with van der Waals surface area (Å²) in [6, 6.07) is 10.5. The van der Waals surface area contributed by atoms with E-state index in [1.807, 2.05) is 0 Å². The van der Waals surface area contributed by atoms with Gasteiger partial charge in [-0.3, -0.25) is 19.5 Å². The van der Waals surface area contributed by atoms with Gasteiger partial charge in [-0.05, 0) is 35.9 Å². The molecule has 0 aliphatic heterocycles. The van der Waals surface area contributed by atoms with E-state index in [4.69, 9.17) is 0 Å². The molecule has 8 heteroatoms. The van der Waals surface area contributed by atoms with E-state index >= 15 is 0 Å². The Labute approximate surface area is 149 Å². The van der Waals surface area contributed by atoms with Crippen molar-refractivity contribution in [3.05, 3.63) is 79.0 Å². The van der Waals surface area contributed by atoms with Crippen LogP contribution < -0.4 is 16.4 Å². The summed E-state index contributed by atoms with van der Waals surface area (Å²) in [5.74, 6) is -0.897. The van der Waals surface area contributed by atoms with E-state index in [2.05, 4.69) is 26.3 Å². The van der Waals surface area contributed by atoms with Crippen LogP contribution >= 0.6 is 15.9 Å². The minimum absolute atomic E-state index is 0.0870. The van der Waals surface area contributed by atoms with E-state index in [1.54, 1.807) is 24.3 Å². The van der Waals surface area contributed by atoms with Crippen LogP contribution in [0.3, 0.4) is 0 Å². The lowest BCUT2D eigenvalue weighted by atomic mass is 10.2. The van der Waals surface area contributed by atoms with Crippen LogP contribution in [0.25, 0.3) is 10.8 Å². The summed E-state index contributed by atoms with van der Waals surface area (Å²) >= 11 is 3.28. The Bertz CT molecular complexity index is 1070. The largest absolute Gasteiger partial charge is 0.350 e. The molecule has 0 spiro atoms. The van der Waals surface area contributed by atoms with Crippen LogP contribution in [0.2, 0.25) is 0 Å². The first-order chi connectivity index (χ1) is 12.0. The number of amides is 1. The van der Waals surface area contributed by atoms with Crippen LogP contribution in [0.1, 0.15) is 5.56 Å². The zero-order chi connectivity index (χ0) is 18.0. The van der Waals surface area contributed by atoms with E-state index in [1.165, 1.54) is 18.2 Å². The minimum Gasteiger partial charge on any atom is -0.350 e. The lowest BCUT2D eigenvalue weighted by Gasteiger charge is -2.09. The number of hydrogen-bond acceptors (Lipinski definition) is 3. The molecular formula is C17H13BrFN3O3. The van der Waals surface area contributed by atoms with Crippen molar-refractivity contribution in [3.63, 3.8) is 0 Å². The molecule has 0 saturated carbocycles. The molecule has 128 valence electrons. The van der Waals surface area contributed by atoms with Crippen LogP contribution in [0, 0.1) is 5.82 Å². The molecular weight excluding hydrogens is 393 g/mol. The summed E-state index contributed by atoms with van der Waals surface area (Å²) in [5.41, 5.74) is -0.346.